The molecule has 0 aliphatic heterocycles. The lowest BCUT2D eigenvalue weighted by molar-refractivity contribution is 0.811. The maximum absolute atomic E-state index is 5.90. The Morgan fingerprint density at radius 2 is 2.38 bits per heavy atom. The minimum absolute atomic E-state index is 0.451. The van der Waals surface area contributed by atoms with Crippen molar-refractivity contribution in [3.63, 3.8) is 0 Å². The molecule has 2 unspecified atom stereocenters. The van der Waals surface area contributed by atoms with Crippen molar-refractivity contribution in [3.8, 4) is 0 Å². The zero-order valence-corrected chi connectivity index (χ0v) is 8.54. The molecule has 1 heterocycles. The third kappa shape index (κ3) is 2.72. The first-order valence-electron chi connectivity index (χ1n) is 3.81. The second-order valence-electron chi connectivity index (χ2n) is 2.63. The van der Waals surface area contributed by atoms with E-state index >= 15 is 0 Å². The Hall–Kier alpha value is -0.510. The highest BCUT2D eigenvalue weighted by Crippen LogP contribution is 2.23. The summed E-state index contributed by atoms with van der Waals surface area (Å²) in [6, 6.07) is 0. The molecular weight excluding hydrogens is 209 g/mol. The number of alkyl halides is 2. The number of imidazole rings is 1. The van der Waals surface area contributed by atoms with Crippen molar-refractivity contribution in [2.24, 2.45) is 5.73 Å². The largest absolute Gasteiger partial charge is 0.333 e. The molecule has 2 N–H and O–H groups in total. The average molecular weight is 220 g/mol. The second-order valence-corrected chi connectivity index (χ2v) is 3.60. The quantitative estimate of drug-likeness (QED) is 0.478. The molecule has 0 aromatic carbocycles. The van der Waals surface area contributed by atoms with Gasteiger partial charge in [0.1, 0.15) is 10.9 Å². The van der Waals surface area contributed by atoms with Crippen LogP contribution in [0.2, 0.25) is 0 Å². The van der Waals surface area contributed by atoms with Crippen LogP contribution in [0.5, 0.6) is 0 Å². The van der Waals surface area contributed by atoms with Gasteiger partial charge in [0, 0.05) is 12.7 Å². The Kier molecular flexibility index (Phi) is 3.78. The predicted octanol–water partition coefficient (Wildman–Crippen LogP) is 1.87. The van der Waals surface area contributed by atoms with E-state index in [0.717, 1.165) is 0 Å². The standard InChI is InChI=1S/C8H11Cl2N3/c1-2-3-13-4-6(12-5-13)7(9)8(10)11/h2,4-5,7-8H,1,3,11H2. The van der Waals surface area contributed by atoms with Crippen LogP contribution in [0.15, 0.2) is 25.2 Å². The number of rotatable bonds is 4. The van der Waals surface area contributed by atoms with E-state index in [-0.39, 0.29) is 0 Å². The Morgan fingerprint density at radius 3 is 2.92 bits per heavy atom. The predicted molar refractivity (Wildman–Crippen MR) is 54.8 cm³/mol. The SMILES string of the molecule is C=CCn1cnc(C(Cl)C(N)Cl)c1. The van der Waals surface area contributed by atoms with Gasteiger partial charge in [-0.1, -0.05) is 6.08 Å². The molecule has 0 radical (unpaired) electrons. The van der Waals surface area contributed by atoms with E-state index in [9.17, 15) is 0 Å². The lowest BCUT2D eigenvalue weighted by Crippen LogP contribution is -2.18. The molecule has 0 bridgehead atoms. The zero-order chi connectivity index (χ0) is 9.84. The van der Waals surface area contributed by atoms with E-state index < -0.39 is 10.9 Å². The molecule has 0 amide bonds. The number of halogens is 2. The van der Waals surface area contributed by atoms with E-state index in [1.54, 1.807) is 12.4 Å². The van der Waals surface area contributed by atoms with Gasteiger partial charge in [-0.15, -0.1) is 29.8 Å². The van der Waals surface area contributed by atoms with Gasteiger partial charge in [-0.05, 0) is 0 Å². The van der Waals surface area contributed by atoms with Gasteiger partial charge in [0.2, 0.25) is 0 Å². The Morgan fingerprint density at radius 1 is 1.69 bits per heavy atom. The van der Waals surface area contributed by atoms with E-state index in [4.69, 9.17) is 28.9 Å². The van der Waals surface area contributed by atoms with Crippen molar-refractivity contribution in [2.45, 2.75) is 17.4 Å². The molecule has 0 aliphatic rings. The molecular formula is C8H11Cl2N3. The summed E-state index contributed by atoms with van der Waals surface area (Å²) < 4.78 is 1.86. The lowest BCUT2D eigenvalue weighted by atomic mass is 10.3. The second kappa shape index (κ2) is 4.65. The van der Waals surface area contributed by atoms with Gasteiger partial charge in [-0.3, -0.25) is 0 Å². The number of allylic oxidation sites excluding steroid dienone is 1. The average Bonchev–Trinajstić information content (AvgIpc) is 2.52. The van der Waals surface area contributed by atoms with Crippen molar-refractivity contribution in [2.75, 3.05) is 0 Å². The van der Waals surface area contributed by atoms with Crippen LogP contribution in [0.1, 0.15) is 11.1 Å². The first-order valence-corrected chi connectivity index (χ1v) is 4.68. The van der Waals surface area contributed by atoms with Gasteiger partial charge in [0.25, 0.3) is 0 Å². The highest BCUT2D eigenvalue weighted by Gasteiger charge is 2.16. The van der Waals surface area contributed by atoms with E-state index in [2.05, 4.69) is 11.6 Å². The summed E-state index contributed by atoms with van der Waals surface area (Å²) in [5, 5.41) is -0.451. The minimum Gasteiger partial charge on any atom is -0.333 e. The minimum atomic E-state index is -0.617. The van der Waals surface area contributed by atoms with Crippen LogP contribution in [-0.4, -0.2) is 15.1 Å². The summed E-state index contributed by atoms with van der Waals surface area (Å²) in [6.45, 7) is 4.32. The fourth-order valence-corrected chi connectivity index (χ4v) is 1.17. The maximum atomic E-state index is 5.90. The zero-order valence-electron chi connectivity index (χ0n) is 7.03. The Bertz CT molecular complexity index is 283. The Balaban J connectivity index is 2.73. The summed E-state index contributed by atoms with van der Waals surface area (Å²) in [5.74, 6) is 0. The number of hydrogen-bond donors (Lipinski definition) is 1. The highest BCUT2D eigenvalue weighted by molar-refractivity contribution is 6.29. The molecule has 1 aromatic rings. The molecule has 1 aromatic heterocycles. The lowest BCUT2D eigenvalue weighted by Gasteiger charge is -2.07. The molecule has 0 aliphatic carbocycles. The fraction of sp³-hybridized carbons (Fsp3) is 0.375. The van der Waals surface area contributed by atoms with Crippen molar-refractivity contribution >= 4 is 23.2 Å². The topological polar surface area (TPSA) is 43.8 Å². The van der Waals surface area contributed by atoms with Gasteiger partial charge in [0.05, 0.1) is 12.0 Å². The summed E-state index contributed by atoms with van der Waals surface area (Å²) in [7, 11) is 0. The van der Waals surface area contributed by atoms with E-state index in [1.807, 2.05) is 10.8 Å². The van der Waals surface area contributed by atoms with Crippen LogP contribution < -0.4 is 5.73 Å². The van der Waals surface area contributed by atoms with Crippen LogP contribution in [-0.2, 0) is 6.54 Å². The molecule has 13 heavy (non-hydrogen) atoms. The molecule has 2 atom stereocenters. The van der Waals surface area contributed by atoms with Crippen LogP contribution >= 0.6 is 23.2 Å². The molecule has 0 saturated heterocycles. The van der Waals surface area contributed by atoms with Crippen molar-refractivity contribution in [1.29, 1.82) is 0 Å². The molecule has 3 nitrogen and oxygen atoms in total. The van der Waals surface area contributed by atoms with Crippen molar-refractivity contribution in [3.05, 3.63) is 30.9 Å². The normalized spacial score (nSPS) is 15.3. The van der Waals surface area contributed by atoms with Crippen LogP contribution in [0, 0.1) is 0 Å². The third-order valence-electron chi connectivity index (χ3n) is 1.56. The first-order chi connectivity index (χ1) is 6.15. The van der Waals surface area contributed by atoms with Crippen LogP contribution in [0.3, 0.4) is 0 Å². The van der Waals surface area contributed by atoms with Crippen LogP contribution in [0.4, 0.5) is 0 Å². The summed E-state index contributed by atoms with van der Waals surface area (Å²) >= 11 is 11.5. The highest BCUT2D eigenvalue weighted by atomic mass is 35.5. The molecule has 0 fully saturated rings. The number of aromatic nitrogens is 2. The van der Waals surface area contributed by atoms with E-state index in [1.165, 1.54) is 0 Å². The summed E-state index contributed by atoms with van der Waals surface area (Å²) in [6.07, 6.45) is 5.25. The molecule has 0 spiro atoms. The van der Waals surface area contributed by atoms with Gasteiger partial charge in [-0.2, -0.15) is 0 Å². The summed E-state index contributed by atoms with van der Waals surface area (Å²) in [5.41, 5.74) is 5.48. The molecule has 0 saturated carbocycles. The fourth-order valence-electron chi connectivity index (χ4n) is 0.932. The third-order valence-corrected chi connectivity index (χ3v) is 2.43. The molecule has 5 heteroatoms. The van der Waals surface area contributed by atoms with Crippen LogP contribution in [0.25, 0.3) is 0 Å². The number of hydrogen-bond acceptors (Lipinski definition) is 2. The molecule has 1 rings (SSSR count). The van der Waals surface area contributed by atoms with Gasteiger partial charge < -0.3 is 10.3 Å². The Labute approximate surface area is 87.2 Å². The number of nitrogens with zero attached hydrogens (tertiary/aromatic N) is 2. The van der Waals surface area contributed by atoms with Crippen molar-refractivity contribution < 1.29 is 0 Å². The van der Waals surface area contributed by atoms with Gasteiger partial charge in [-0.25, -0.2) is 4.98 Å². The smallest absolute Gasteiger partial charge is 0.106 e. The van der Waals surface area contributed by atoms with Gasteiger partial charge >= 0.3 is 0 Å². The van der Waals surface area contributed by atoms with Crippen molar-refractivity contribution in [1.82, 2.24) is 9.55 Å². The number of nitrogens with two attached hydrogens (primary N) is 1. The molecule has 72 valence electrons. The first kappa shape index (κ1) is 10.6. The van der Waals surface area contributed by atoms with Gasteiger partial charge in [0.15, 0.2) is 0 Å². The van der Waals surface area contributed by atoms with E-state index in [0.29, 0.717) is 12.2 Å². The summed E-state index contributed by atoms with van der Waals surface area (Å²) in [4.78, 5) is 4.07. The maximum Gasteiger partial charge on any atom is 0.106 e. The monoisotopic (exact) mass is 219 g/mol.